The number of aromatic amines is 1. The van der Waals surface area contributed by atoms with Crippen LogP contribution in [0, 0.1) is 5.92 Å². The lowest BCUT2D eigenvalue weighted by Gasteiger charge is -2.34. The second-order valence-electron chi connectivity index (χ2n) is 8.24. The number of pyridine rings is 1. The molecule has 0 bridgehead atoms. The largest absolute Gasteiger partial charge is 0.342 e. The summed E-state index contributed by atoms with van der Waals surface area (Å²) in [5.74, 6) is 1.21. The zero-order valence-corrected chi connectivity index (χ0v) is 16.8. The minimum absolute atomic E-state index is 0.0169. The molecule has 2 aliphatic rings. The quantitative estimate of drug-likeness (QED) is 0.729. The van der Waals surface area contributed by atoms with Crippen LogP contribution in [0.1, 0.15) is 41.4 Å². The number of imidazole rings is 1. The summed E-state index contributed by atoms with van der Waals surface area (Å²) in [6.07, 6.45) is 6.13. The van der Waals surface area contributed by atoms with Crippen molar-refractivity contribution in [1.29, 1.82) is 0 Å². The highest BCUT2D eigenvalue weighted by Gasteiger charge is 2.35. The first-order valence-electron chi connectivity index (χ1n) is 10.6. The molecule has 2 aromatic heterocycles. The molecular weight excluding hydrogens is 378 g/mol. The van der Waals surface area contributed by atoms with Gasteiger partial charge < -0.3 is 14.8 Å². The molecule has 1 aromatic carbocycles. The number of fused-ring (bicyclic) bond motifs is 1. The number of nitrogens with one attached hydrogen (secondary N) is 1. The van der Waals surface area contributed by atoms with E-state index in [1.165, 1.54) is 0 Å². The monoisotopic (exact) mass is 403 g/mol. The number of likely N-dealkylation sites (tertiary alicyclic amines) is 2. The van der Waals surface area contributed by atoms with Crippen LogP contribution in [0.25, 0.3) is 11.0 Å². The first-order chi connectivity index (χ1) is 14.7. The SMILES string of the molecule is O=C(c1ccccc1)N1CCCC(C(=O)N2CCC(c3nc4ccncc4[nH]3)C2)C1. The number of piperidine rings is 1. The summed E-state index contributed by atoms with van der Waals surface area (Å²) in [7, 11) is 0. The Morgan fingerprint density at radius 3 is 2.70 bits per heavy atom. The topological polar surface area (TPSA) is 82.2 Å². The normalized spacial score (nSPS) is 21.9. The van der Waals surface area contributed by atoms with Crippen LogP contribution < -0.4 is 0 Å². The third-order valence-electron chi connectivity index (χ3n) is 6.27. The summed E-state index contributed by atoms with van der Waals surface area (Å²) < 4.78 is 0. The number of aromatic nitrogens is 3. The maximum atomic E-state index is 13.2. The van der Waals surface area contributed by atoms with Gasteiger partial charge in [0.1, 0.15) is 5.82 Å². The Morgan fingerprint density at radius 1 is 1.00 bits per heavy atom. The highest BCUT2D eigenvalue weighted by atomic mass is 16.2. The van der Waals surface area contributed by atoms with Gasteiger partial charge in [-0.25, -0.2) is 4.98 Å². The van der Waals surface area contributed by atoms with Gasteiger partial charge in [-0.15, -0.1) is 0 Å². The molecular formula is C23H25N5O2. The number of hydrogen-bond donors (Lipinski definition) is 1. The third kappa shape index (κ3) is 3.56. The molecule has 5 rings (SSSR count). The number of carbonyl (C=O) groups is 2. The summed E-state index contributed by atoms with van der Waals surface area (Å²) in [6, 6.07) is 11.2. The molecule has 3 aromatic rings. The zero-order valence-electron chi connectivity index (χ0n) is 16.8. The van der Waals surface area contributed by atoms with Gasteiger partial charge in [0.2, 0.25) is 5.91 Å². The van der Waals surface area contributed by atoms with Crippen LogP contribution in [0.15, 0.2) is 48.8 Å². The van der Waals surface area contributed by atoms with Crippen LogP contribution in [0.2, 0.25) is 0 Å². The minimum Gasteiger partial charge on any atom is -0.342 e. The minimum atomic E-state index is -0.120. The predicted octanol–water partition coefficient (Wildman–Crippen LogP) is 2.83. The number of H-pyrrole nitrogens is 1. The lowest BCUT2D eigenvalue weighted by Crippen LogP contribution is -2.46. The van der Waals surface area contributed by atoms with Gasteiger partial charge >= 0.3 is 0 Å². The van der Waals surface area contributed by atoms with Crippen molar-refractivity contribution in [2.24, 2.45) is 5.92 Å². The number of amides is 2. The summed E-state index contributed by atoms with van der Waals surface area (Å²) in [6.45, 7) is 2.63. The van der Waals surface area contributed by atoms with Crippen LogP contribution in [0.4, 0.5) is 0 Å². The first kappa shape index (κ1) is 18.8. The van der Waals surface area contributed by atoms with Crippen molar-refractivity contribution in [3.63, 3.8) is 0 Å². The van der Waals surface area contributed by atoms with Crippen LogP contribution in [0.3, 0.4) is 0 Å². The molecule has 0 aliphatic carbocycles. The van der Waals surface area contributed by atoms with Crippen LogP contribution >= 0.6 is 0 Å². The molecule has 2 aliphatic heterocycles. The van der Waals surface area contributed by atoms with Crippen molar-refractivity contribution >= 4 is 22.8 Å². The van der Waals surface area contributed by atoms with E-state index in [1.807, 2.05) is 46.2 Å². The summed E-state index contributed by atoms with van der Waals surface area (Å²) in [4.78, 5) is 42.0. The standard InChI is InChI=1S/C23H25N5O2/c29-22(16-5-2-1-3-6-16)27-11-4-7-18(15-27)23(30)28-12-9-17(14-28)21-25-19-8-10-24-13-20(19)26-21/h1-3,5-6,8,10,13,17-18H,4,7,9,11-12,14-15H2,(H,25,26). The van der Waals surface area contributed by atoms with Gasteiger partial charge in [0.25, 0.3) is 5.91 Å². The first-order valence-corrected chi connectivity index (χ1v) is 10.6. The van der Waals surface area contributed by atoms with Crippen molar-refractivity contribution in [1.82, 2.24) is 24.8 Å². The van der Waals surface area contributed by atoms with E-state index in [0.717, 1.165) is 42.7 Å². The van der Waals surface area contributed by atoms with E-state index in [0.29, 0.717) is 25.2 Å². The van der Waals surface area contributed by atoms with E-state index in [9.17, 15) is 9.59 Å². The van der Waals surface area contributed by atoms with Gasteiger partial charge in [-0.2, -0.15) is 0 Å². The van der Waals surface area contributed by atoms with Crippen molar-refractivity contribution in [2.45, 2.75) is 25.2 Å². The summed E-state index contributed by atoms with van der Waals surface area (Å²) >= 11 is 0. The fourth-order valence-corrected chi connectivity index (χ4v) is 4.64. The summed E-state index contributed by atoms with van der Waals surface area (Å²) in [5, 5.41) is 0. The Morgan fingerprint density at radius 2 is 1.87 bits per heavy atom. The molecule has 2 saturated heterocycles. The number of nitrogens with zero attached hydrogens (tertiary/aromatic N) is 4. The van der Waals surface area contributed by atoms with Gasteiger partial charge in [0.15, 0.2) is 0 Å². The van der Waals surface area contributed by atoms with Crippen LogP contribution in [-0.2, 0) is 4.79 Å². The summed E-state index contributed by atoms with van der Waals surface area (Å²) in [5.41, 5.74) is 2.53. The Bertz CT molecular complexity index is 1030. The van der Waals surface area contributed by atoms with E-state index in [1.54, 1.807) is 12.4 Å². The number of carbonyl (C=O) groups excluding carboxylic acids is 2. The van der Waals surface area contributed by atoms with Crippen molar-refractivity contribution in [3.05, 3.63) is 60.2 Å². The fraction of sp³-hybridized carbons (Fsp3) is 0.391. The van der Waals surface area contributed by atoms with Gasteiger partial charge in [-0.05, 0) is 37.5 Å². The average molecular weight is 403 g/mol. The van der Waals surface area contributed by atoms with E-state index in [2.05, 4.69) is 15.0 Å². The molecule has 7 heteroatoms. The van der Waals surface area contributed by atoms with Gasteiger partial charge in [-0.3, -0.25) is 14.6 Å². The lowest BCUT2D eigenvalue weighted by atomic mass is 9.96. The average Bonchev–Trinajstić information content (AvgIpc) is 3.46. The molecule has 0 radical (unpaired) electrons. The third-order valence-corrected chi connectivity index (χ3v) is 6.27. The highest BCUT2D eigenvalue weighted by molar-refractivity contribution is 5.94. The Labute approximate surface area is 175 Å². The van der Waals surface area contributed by atoms with E-state index in [-0.39, 0.29) is 23.7 Å². The molecule has 2 fully saturated rings. The van der Waals surface area contributed by atoms with Crippen molar-refractivity contribution < 1.29 is 9.59 Å². The van der Waals surface area contributed by atoms with Gasteiger partial charge in [0.05, 0.1) is 23.1 Å². The van der Waals surface area contributed by atoms with Crippen molar-refractivity contribution in [2.75, 3.05) is 26.2 Å². The lowest BCUT2D eigenvalue weighted by molar-refractivity contribution is -0.135. The molecule has 0 saturated carbocycles. The second-order valence-corrected chi connectivity index (χ2v) is 8.24. The molecule has 4 heterocycles. The van der Waals surface area contributed by atoms with Gasteiger partial charge in [-0.1, -0.05) is 18.2 Å². The maximum Gasteiger partial charge on any atom is 0.253 e. The number of benzene rings is 1. The van der Waals surface area contributed by atoms with E-state index in [4.69, 9.17) is 0 Å². The highest BCUT2D eigenvalue weighted by Crippen LogP contribution is 2.29. The maximum absolute atomic E-state index is 13.2. The van der Waals surface area contributed by atoms with Gasteiger partial charge in [0, 0.05) is 43.9 Å². The van der Waals surface area contributed by atoms with E-state index < -0.39 is 0 Å². The smallest absolute Gasteiger partial charge is 0.253 e. The molecule has 154 valence electrons. The number of hydrogen-bond acceptors (Lipinski definition) is 4. The molecule has 2 amide bonds. The number of rotatable bonds is 3. The molecule has 2 atom stereocenters. The fourth-order valence-electron chi connectivity index (χ4n) is 4.64. The molecule has 1 N–H and O–H groups in total. The predicted molar refractivity (Wildman–Crippen MR) is 113 cm³/mol. The zero-order chi connectivity index (χ0) is 20.5. The van der Waals surface area contributed by atoms with Crippen molar-refractivity contribution in [3.8, 4) is 0 Å². The van der Waals surface area contributed by atoms with Crippen LogP contribution in [0.5, 0.6) is 0 Å². The second kappa shape index (κ2) is 7.89. The molecule has 0 spiro atoms. The van der Waals surface area contributed by atoms with Crippen LogP contribution in [-0.4, -0.2) is 62.7 Å². The Balaban J connectivity index is 1.24. The molecule has 30 heavy (non-hydrogen) atoms. The Hall–Kier alpha value is -3.22. The van der Waals surface area contributed by atoms with E-state index >= 15 is 0 Å². The Kier molecular flexibility index (Phi) is 4.94. The molecule has 7 nitrogen and oxygen atoms in total. The molecule has 2 unspecified atom stereocenters.